The number of hydrogen-bond acceptors (Lipinski definition) is 2. The third-order valence-corrected chi connectivity index (χ3v) is 8.36. The lowest BCUT2D eigenvalue weighted by molar-refractivity contribution is 0.590. The van der Waals surface area contributed by atoms with Gasteiger partial charge in [-0.05, 0) is 38.5 Å². The predicted octanol–water partition coefficient (Wildman–Crippen LogP) is 10.4. The van der Waals surface area contributed by atoms with Crippen molar-refractivity contribution in [2.45, 2.75) is 52.4 Å². The Morgan fingerprint density at radius 3 is 1.20 bits per heavy atom. The monoisotopic (exact) mass is 518 g/mol. The molecule has 5 aromatic carbocycles. The predicted molar refractivity (Wildman–Crippen MR) is 170 cm³/mol. The van der Waals surface area contributed by atoms with Gasteiger partial charge in [-0.1, -0.05) is 139 Å². The lowest BCUT2D eigenvalue weighted by atomic mass is 9.85. The van der Waals surface area contributed by atoms with Gasteiger partial charge in [-0.15, -0.1) is 0 Å². The zero-order chi connectivity index (χ0) is 27.8. The third kappa shape index (κ3) is 3.85. The molecule has 0 aliphatic heterocycles. The third-order valence-electron chi connectivity index (χ3n) is 8.36. The minimum absolute atomic E-state index is 0.106. The Kier molecular flexibility index (Phi) is 5.31. The Morgan fingerprint density at radius 1 is 0.425 bits per heavy atom. The zero-order valence-electron chi connectivity index (χ0n) is 24.1. The average molecular weight is 519 g/mol. The van der Waals surface area contributed by atoms with E-state index in [1.54, 1.807) is 0 Å². The van der Waals surface area contributed by atoms with Gasteiger partial charge < -0.3 is 0 Å². The maximum atomic E-state index is 5.42. The summed E-state index contributed by atoms with van der Waals surface area (Å²) in [7, 11) is 0. The molecule has 6 aromatic rings. The second kappa shape index (κ2) is 8.60. The molecule has 0 saturated carbocycles. The number of nitrogens with zero attached hydrogens (tertiary/aromatic N) is 2. The number of aromatic nitrogens is 2. The lowest BCUT2D eigenvalue weighted by Gasteiger charge is -2.20. The molecule has 1 aromatic heterocycles. The summed E-state index contributed by atoms with van der Waals surface area (Å²) in [6, 6.07) is 35.4. The van der Waals surface area contributed by atoms with Gasteiger partial charge in [0.1, 0.15) is 0 Å². The summed E-state index contributed by atoms with van der Waals surface area (Å²) in [5.41, 5.74) is 13.6. The van der Waals surface area contributed by atoms with Crippen LogP contribution in [0.25, 0.3) is 66.6 Å². The van der Waals surface area contributed by atoms with Gasteiger partial charge in [0.05, 0.1) is 22.4 Å². The SMILES string of the molecule is CC(C)(C)c1ccc(-c2ccc(-c3ccc(C(C)(C)C)cc3)c3nc4c(nc23)-c2cccc3cccc-4c23)cc1. The molecule has 0 atom stereocenters. The van der Waals surface area contributed by atoms with Crippen molar-refractivity contribution in [3.63, 3.8) is 0 Å². The van der Waals surface area contributed by atoms with Crippen LogP contribution in [-0.2, 0) is 10.8 Å². The quantitative estimate of drug-likeness (QED) is 0.227. The number of benzene rings is 5. The fourth-order valence-electron chi connectivity index (χ4n) is 6.01. The molecule has 1 heterocycles. The molecule has 0 amide bonds. The zero-order valence-corrected chi connectivity index (χ0v) is 24.1. The molecule has 196 valence electrons. The van der Waals surface area contributed by atoms with Crippen LogP contribution in [0.4, 0.5) is 0 Å². The Bertz CT molecular complexity index is 1790. The second-order valence-electron chi connectivity index (χ2n) is 13.1. The molecule has 2 heteroatoms. The molecule has 7 rings (SSSR count). The van der Waals surface area contributed by atoms with Crippen LogP contribution >= 0.6 is 0 Å². The van der Waals surface area contributed by atoms with Gasteiger partial charge in [0.15, 0.2) is 0 Å². The van der Waals surface area contributed by atoms with Crippen LogP contribution in [0.5, 0.6) is 0 Å². The topological polar surface area (TPSA) is 25.8 Å². The minimum Gasteiger partial charge on any atom is -0.243 e. The van der Waals surface area contributed by atoms with Crippen LogP contribution < -0.4 is 0 Å². The Hall–Kier alpha value is -4.30. The van der Waals surface area contributed by atoms with E-state index >= 15 is 0 Å². The van der Waals surface area contributed by atoms with Crippen molar-refractivity contribution in [3.05, 3.63) is 108 Å². The van der Waals surface area contributed by atoms with Gasteiger partial charge in [-0.2, -0.15) is 0 Å². The molecule has 0 fully saturated rings. The first-order chi connectivity index (χ1) is 19.1. The molecule has 0 saturated heterocycles. The van der Waals surface area contributed by atoms with Crippen molar-refractivity contribution in [1.82, 2.24) is 9.97 Å². The largest absolute Gasteiger partial charge is 0.243 e. The van der Waals surface area contributed by atoms with E-state index in [1.807, 2.05) is 0 Å². The Morgan fingerprint density at radius 2 is 0.825 bits per heavy atom. The number of rotatable bonds is 2. The van der Waals surface area contributed by atoms with E-state index in [0.29, 0.717) is 0 Å². The molecule has 2 nitrogen and oxygen atoms in total. The van der Waals surface area contributed by atoms with E-state index in [4.69, 9.17) is 9.97 Å². The molecule has 40 heavy (non-hydrogen) atoms. The standard InChI is InChI=1S/C38H34N2/c1-37(2,3)26-17-13-23(14-18-26)28-21-22-29(24-15-19-27(20-16-24)38(4,5)6)34-33(28)39-35-30-11-7-9-25-10-8-12-31(32(25)30)36(35)40-34/h7-22H,1-6H3. The smallest absolute Gasteiger partial charge is 0.0980 e. The molecule has 0 radical (unpaired) electrons. The molecular weight excluding hydrogens is 484 g/mol. The second-order valence-corrected chi connectivity index (χ2v) is 13.1. The Balaban J connectivity index is 1.50. The van der Waals surface area contributed by atoms with Crippen molar-refractivity contribution < 1.29 is 0 Å². The summed E-state index contributed by atoms with van der Waals surface area (Å²) in [4.78, 5) is 10.8. The highest BCUT2D eigenvalue weighted by atomic mass is 14.8. The maximum Gasteiger partial charge on any atom is 0.0980 e. The van der Waals surface area contributed by atoms with E-state index in [0.717, 1.165) is 44.7 Å². The molecule has 0 N–H and O–H groups in total. The maximum absolute atomic E-state index is 5.42. The van der Waals surface area contributed by atoms with Crippen LogP contribution in [0.2, 0.25) is 0 Å². The van der Waals surface area contributed by atoms with E-state index in [-0.39, 0.29) is 10.8 Å². The van der Waals surface area contributed by atoms with E-state index in [2.05, 4.69) is 139 Å². The van der Waals surface area contributed by atoms with E-state index in [9.17, 15) is 0 Å². The van der Waals surface area contributed by atoms with E-state index < -0.39 is 0 Å². The van der Waals surface area contributed by atoms with Gasteiger partial charge in [0.2, 0.25) is 0 Å². The summed E-state index contributed by atoms with van der Waals surface area (Å²) in [6.45, 7) is 13.5. The summed E-state index contributed by atoms with van der Waals surface area (Å²) in [5, 5.41) is 2.48. The van der Waals surface area contributed by atoms with Gasteiger partial charge in [-0.3, -0.25) is 0 Å². The summed E-state index contributed by atoms with van der Waals surface area (Å²) < 4.78 is 0. The van der Waals surface area contributed by atoms with Crippen molar-refractivity contribution in [1.29, 1.82) is 0 Å². The summed E-state index contributed by atoms with van der Waals surface area (Å²) in [5.74, 6) is 0. The fraction of sp³-hybridized carbons (Fsp3) is 0.211. The lowest BCUT2D eigenvalue weighted by Crippen LogP contribution is -2.10. The Labute approximate surface area is 236 Å². The highest BCUT2D eigenvalue weighted by Gasteiger charge is 2.26. The van der Waals surface area contributed by atoms with Crippen LogP contribution in [0.1, 0.15) is 52.7 Å². The molecule has 1 aliphatic rings. The van der Waals surface area contributed by atoms with Crippen LogP contribution in [0.3, 0.4) is 0 Å². The van der Waals surface area contributed by atoms with Crippen molar-refractivity contribution >= 4 is 21.8 Å². The first-order valence-corrected chi connectivity index (χ1v) is 14.2. The van der Waals surface area contributed by atoms with Gasteiger partial charge in [0.25, 0.3) is 0 Å². The highest BCUT2D eigenvalue weighted by Crippen LogP contribution is 2.47. The van der Waals surface area contributed by atoms with Crippen LogP contribution in [0, 0.1) is 0 Å². The number of fused-ring (bicyclic) bond motifs is 4. The van der Waals surface area contributed by atoms with Crippen molar-refractivity contribution in [3.8, 4) is 44.8 Å². The van der Waals surface area contributed by atoms with Crippen molar-refractivity contribution in [2.75, 3.05) is 0 Å². The normalized spacial score (nSPS) is 12.8. The number of hydrogen-bond donors (Lipinski definition) is 0. The molecule has 0 spiro atoms. The van der Waals surface area contributed by atoms with E-state index in [1.165, 1.54) is 33.0 Å². The van der Waals surface area contributed by atoms with Crippen molar-refractivity contribution in [2.24, 2.45) is 0 Å². The average Bonchev–Trinajstić information content (AvgIpc) is 3.25. The molecule has 0 bridgehead atoms. The van der Waals surface area contributed by atoms with Crippen LogP contribution in [-0.4, -0.2) is 9.97 Å². The first kappa shape index (κ1) is 24.7. The molecular formula is C38H34N2. The molecule has 0 unspecified atom stereocenters. The van der Waals surface area contributed by atoms with Gasteiger partial charge in [0, 0.05) is 27.6 Å². The first-order valence-electron chi connectivity index (χ1n) is 14.2. The highest BCUT2D eigenvalue weighted by molar-refractivity contribution is 6.15. The van der Waals surface area contributed by atoms with Gasteiger partial charge >= 0.3 is 0 Å². The van der Waals surface area contributed by atoms with Crippen LogP contribution in [0.15, 0.2) is 97.1 Å². The minimum atomic E-state index is 0.106. The fourth-order valence-corrected chi connectivity index (χ4v) is 6.01. The summed E-state index contributed by atoms with van der Waals surface area (Å²) in [6.07, 6.45) is 0. The summed E-state index contributed by atoms with van der Waals surface area (Å²) >= 11 is 0. The molecule has 1 aliphatic carbocycles. The van der Waals surface area contributed by atoms with Gasteiger partial charge in [-0.25, -0.2) is 9.97 Å².